The van der Waals surface area contributed by atoms with Crippen molar-refractivity contribution in [2.24, 2.45) is 0 Å². The topological polar surface area (TPSA) is 77.3 Å². The van der Waals surface area contributed by atoms with E-state index in [2.05, 4.69) is 10.2 Å². The zero-order chi connectivity index (χ0) is 20.7. The molecule has 0 aliphatic carbocycles. The standard InChI is InChI=1S/C23H22N4O3/c1-30-18-9-7-16(8-10-18)19-21(29)27-14-12-23(22(27)25-24-19)11-13-26(15-23)20(28)17-5-3-2-4-6-17/h2-10H,11-15H2,1H3/t23-/m1/s1. The molecule has 5 rings (SSSR count). The Bertz CT molecular complexity index is 1160. The van der Waals surface area contributed by atoms with E-state index < -0.39 is 0 Å². The van der Waals surface area contributed by atoms with E-state index in [1.54, 1.807) is 23.8 Å². The predicted molar refractivity (Wildman–Crippen MR) is 112 cm³/mol. The Morgan fingerprint density at radius 3 is 2.47 bits per heavy atom. The largest absolute Gasteiger partial charge is 0.497 e. The van der Waals surface area contributed by atoms with Crippen molar-refractivity contribution in [3.8, 4) is 17.0 Å². The quantitative estimate of drug-likeness (QED) is 0.673. The zero-order valence-electron chi connectivity index (χ0n) is 16.7. The SMILES string of the molecule is COc1ccc(-c2nnc3n(c2=O)CC[C@@]32CCN(C(=O)c3ccccc3)C2)cc1. The van der Waals surface area contributed by atoms with Crippen LogP contribution in [0.25, 0.3) is 11.3 Å². The summed E-state index contributed by atoms with van der Waals surface area (Å²) in [5, 5.41) is 8.78. The molecule has 7 heteroatoms. The summed E-state index contributed by atoms with van der Waals surface area (Å²) in [4.78, 5) is 27.9. The molecular weight excluding hydrogens is 380 g/mol. The van der Waals surface area contributed by atoms with Gasteiger partial charge in [-0.15, -0.1) is 10.2 Å². The second-order valence-corrected chi connectivity index (χ2v) is 7.93. The number of fused-ring (bicyclic) bond motifs is 2. The Balaban J connectivity index is 1.44. The molecule has 2 aliphatic heterocycles. The fourth-order valence-electron chi connectivity index (χ4n) is 4.58. The predicted octanol–water partition coefficient (Wildman–Crippen LogP) is 2.50. The lowest BCUT2D eigenvalue weighted by Gasteiger charge is -2.23. The van der Waals surface area contributed by atoms with E-state index in [4.69, 9.17) is 4.74 Å². The van der Waals surface area contributed by atoms with Crippen molar-refractivity contribution in [1.82, 2.24) is 19.7 Å². The van der Waals surface area contributed by atoms with E-state index in [1.807, 2.05) is 47.4 Å². The molecule has 30 heavy (non-hydrogen) atoms. The van der Waals surface area contributed by atoms with Crippen molar-refractivity contribution in [2.45, 2.75) is 24.8 Å². The summed E-state index contributed by atoms with van der Waals surface area (Å²) in [6.07, 6.45) is 1.59. The highest BCUT2D eigenvalue weighted by Gasteiger charge is 2.48. The Morgan fingerprint density at radius 1 is 1.00 bits per heavy atom. The van der Waals surface area contributed by atoms with Crippen LogP contribution in [0.5, 0.6) is 5.75 Å². The highest BCUT2D eigenvalue weighted by atomic mass is 16.5. The zero-order valence-corrected chi connectivity index (χ0v) is 16.7. The molecule has 0 N–H and O–H groups in total. The van der Waals surface area contributed by atoms with E-state index in [1.165, 1.54) is 0 Å². The first-order chi connectivity index (χ1) is 14.6. The van der Waals surface area contributed by atoms with Crippen LogP contribution in [-0.2, 0) is 12.0 Å². The molecule has 1 amide bonds. The number of likely N-dealkylation sites (tertiary alicyclic amines) is 1. The third kappa shape index (κ3) is 2.89. The summed E-state index contributed by atoms with van der Waals surface area (Å²) in [5.74, 6) is 1.45. The molecule has 1 atom stereocenters. The van der Waals surface area contributed by atoms with E-state index in [0.29, 0.717) is 36.7 Å². The first-order valence-corrected chi connectivity index (χ1v) is 10.1. The lowest BCUT2D eigenvalue weighted by molar-refractivity contribution is 0.0783. The number of benzene rings is 2. The number of hydrogen-bond donors (Lipinski definition) is 0. The molecular formula is C23H22N4O3. The van der Waals surface area contributed by atoms with Crippen molar-refractivity contribution >= 4 is 5.91 Å². The summed E-state index contributed by atoms with van der Waals surface area (Å²) < 4.78 is 6.92. The number of aromatic nitrogens is 3. The third-order valence-electron chi connectivity index (χ3n) is 6.26. The van der Waals surface area contributed by atoms with Gasteiger partial charge in [-0.2, -0.15) is 0 Å². The Hall–Kier alpha value is -3.48. The van der Waals surface area contributed by atoms with Crippen molar-refractivity contribution in [3.05, 3.63) is 76.3 Å². The summed E-state index contributed by atoms with van der Waals surface area (Å²) in [6.45, 7) is 1.82. The van der Waals surface area contributed by atoms with E-state index >= 15 is 0 Å². The summed E-state index contributed by atoms with van der Waals surface area (Å²) in [7, 11) is 1.60. The minimum absolute atomic E-state index is 0.0242. The van der Waals surface area contributed by atoms with Crippen LogP contribution in [0.15, 0.2) is 59.4 Å². The molecule has 0 unspecified atom stereocenters. The van der Waals surface area contributed by atoms with E-state index in [-0.39, 0.29) is 16.9 Å². The molecule has 2 aliphatic rings. The molecule has 1 fully saturated rings. The highest BCUT2D eigenvalue weighted by molar-refractivity contribution is 5.94. The maximum absolute atomic E-state index is 13.1. The van der Waals surface area contributed by atoms with Gasteiger partial charge in [0, 0.05) is 30.8 Å². The number of methoxy groups -OCH3 is 1. The molecule has 152 valence electrons. The number of amides is 1. The number of carbonyl (C=O) groups excluding carboxylic acids is 1. The summed E-state index contributed by atoms with van der Waals surface area (Å²) in [5.41, 5.74) is 1.32. The molecule has 1 aromatic heterocycles. The van der Waals surface area contributed by atoms with E-state index in [0.717, 1.165) is 24.2 Å². The minimum atomic E-state index is -0.297. The van der Waals surface area contributed by atoms with Gasteiger partial charge in [-0.25, -0.2) is 0 Å². The van der Waals surface area contributed by atoms with Gasteiger partial charge in [0.05, 0.1) is 12.5 Å². The Labute approximate surface area is 173 Å². The van der Waals surface area contributed by atoms with Gasteiger partial charge in [-0.05, 0) is 49.2 Å². The molecule has 1 saturated heterocycles. The monoisotopic (exact) mass is 402 g/mol. The second-order valence-electron chi connectivity index (χ2n) is 7.93. The third-order valence-corrected chi connectivity index (χ3v) is 6.26. The second kappa shape index (κ2) is 7.09. The van der Waals surface area contributed by atoms with Gasteiger partial charge in [0.25, 0.3) is 11.5 Å². The summed E-state index contributed by atoms with van der Waals surface area (Å²) >= 11 is 0. The molecule has 0 bridgehead atoms. The Morgan fingerprint density at radius 2 is 1.73 bits per heavy atom. The Kier molecular flexibility index (Phi) is 4.38. The van der Waals surface area contributed by atoms with Gasteiger partial charge in [0.1, 0.15) is 11.6 Å². The van der Waals surface area contributed by atoms with Crippen LogP contribution in [0, 0.1) is 0 Å². The average molecular weight is 402 g/mol. The van der Waals surface area contributed by atoms with E-state index in [9.17, 15) is 9.59 Å². The maximum Gasteiger partial charge on any atom is 0.280 e. The van der Waals surface area contributed by atoms with Crippen LogP contribution < -0.4 is 10.3 Å². The minimum Gasteiger partial charge on any atom is -0.497 e. The molecule has 2 aromatic carbocycles. The van der Waals surface area contributed by atoms with Crippen molar-refractivity contribution in [1.29, 1.82) is 0 Å². The lowest BCUT2D eigenvalue weighted by atomic mass is 9.85. The number of hydrogen-bond acceptors (Lipinski definition) is 5. The smallest absolute Gasteiger partial charge is 0.280 e. The van der Waals surface area contributed by atoms with Gasteiger partial charge in [-0.3, -0.25) is 14.2 Å². The average Bonchev–Trinajstić information content (AvgIpc) is 3.39. The van der Waals surface area contributed by atoms with Gasteiger partial charge < -0.3 is 9.64 Å². The van der Waals surface area contributed by atoms with Gasteiger partial charge >= 0.3 is 0 Å². The number of carbonyl (C=O) groups is 1. The maximum atomic E-state index is 13.1. The van der Waals surface area contributed by atoms with Crippen LogP contribution in [0.3, 0.4) is 0 Å². The van der Waals surface area contributed by atoms with Gasteiger partial charge in [-0.1, -0.05) is 18.2 Å². The first kappa shape index (κ1) is 18.5. The number of nitrogens with zero attached hydrogens (tertiary/aromatic N) is 4. The van der Waals surface area contributed by atoms with Crippen LogP contribution in [0.4, 0.5) is 0 Å². The fourth-order valence-corrected chi connectivity index (χ4v) is 4.58. The van der Waals surface area contributed by atoms with Crippen LogP contribution in [-0.4, -0.2) is 45.8 Å². The van der Waals surface area contributed by atoms with Crippen molar-refractivity contribution in [2.75, 3.05) is 20.2 Å². The van der Waals surface area contributed by atoms with Crippen LogP contribution >= 0.6 is 0 Å². The molecule has 0 radical (unpaired) electrons. The van der Waals surface area contributed by atoms with Crippen LogP contribution in [0.2, 0.25) is 0 Å². The normalized spacial score (nSPS) is 19.8. The fraction of sp³-hybridized carbons (Fsp3) is 0.304. The molecule has 1 spiro atoms. The molecule has 0 saturated carbocycles. The number of ether oxygens (including phenoxy) is 1. The lowest BCUT2D eigenvalue weighted by Crippen LogP contribution is -2.35. The highest BCUT2D eigenvalue weighted by Crippen LogP contribution is 2.41. The van der Waals surface area contributed by atoms with Gasteiger partial charge in [0.2, 0.25) is 0 Å². The first-order valence-electron chi connectivity index (χ1n) is 10.1. The molecule has 3 heterocycles. The van der Waals surface area contributed by atoms with Crippen molar-refractivity contribution < 1.29 is 9.53 Å². The summed E-state index contributed by atoms with van der Waals surface area (Å²) in [6, 6.07) is 16.6. The number of rotatable bonds is 3. The molecule has 7 nitrogen and oxygen atoms in total. The molecule has 3 aromatic rings. The van der Waals surface area contributed by atoms with Crippen LogP contribution in [0.1, 0.15) is 29.0 Å². The van der Waals surface area contributed by atoms with Crippen molar-refractivity contribution in [3.63, 3.8) is 0 Å². The van der Waals surface area contributed by atoms with Gasteiger partial charge in [0.15, 0.2) is 5.69 Å².